The molecule has 2 heterocycles. The van der Waals surface area contributed by atoms with Gasteiger partial charge in [0.05, 0.1) is 12.6 Å². The summed E-state index contributed by atoms with van der Waals surface area (Å²) in [6.07, 6.45) is 4.10. The highest BCUT2D eigenvalue weighted by Crippen LogP contribution is 2.31. The molecule has 0 saturated carbocycles. The molecule has 1 aliphatic heterocycles. The first-order chi connectivity index (χ1) is 8.74. The van der Waals surface area contributed by atoms with E-state index in [9.17, 15) is 4.79 Å². The minimum absolute atomic E-state index is 0.0584. The van der Waals surface area contributed by atoms with Crippen molar-refractivity contribution in [3.63, 3.8) is 0 Å². The summed E-state index contributed by atoms with van der Waals surface area (Å²) in [6, 6.07) is 4.10. The fraction of sp³-hybridized carbons (Fsp3) is 0.538. The molecule has 0 aromatic carbocycles. The van der Waals surface area contributed by atoms with Crippen LogP contribution < -0.4 is 5.32 Å². The molecular weight excluding hydrogens is 230 g/mol. The Labute approximate surface area is 107 Å². The van der Waals surface area contributed by atoms with Crippen LogP contribution in [0.25, 0.3) is 0 Å². The van der Waals surface area contributed by atoms with Gasteiger partial charge in [-0.05, 0) is 11.6 Å². The number of nitrogens with one attached hydrogen (secondary N) is 1. The summed E-state index contributed by atoms with van der Waals surface area (Å²) < 4.78 is 5.02. The Morgan fingerprint density at radius 3 is 3.11 bits per heavy atom. The van der Waals surface area contributed by atoms with Crippen molar-refractivity contribution in [3.8, 4) is 0 Å². The molecule has 1 aliphatic rings. The standard InChI is InChI=1S/C13H19N3O2/c1-16-12(17)8-11(15-6-7-18-2)13(16)10-4-3-5-14-9-10/h3-5,9,11,13,15H,6-8H2,1-2H3/t11-,13+/m1/s1. The van der Waals surface area contributed by atoms with E-state index in [0.717, 1.165) is 12.1 Å². The molecule has 5 heteroatoms. The Kier molecular flexibility index (Phi) is 4.28. The Morgan fingerprint density at radius 1 is 1.61 bits per heavy atom. The van der Waals surface area contributed by atoms with E-state index in [1.54, 1.807) is 18.2 Å². The SMILES string of the molecule is COCCN[C@@H]1CC(=O)N(C)[C@H]1c1cccnc1. The van der Waals surface area contributed by atoms with Crippen molar-refractivity contribution in [2.24, 2.45) is 0 Å². The van der Waals surface area contributed by atoms with Gasteiger partial charge in [-0.15, -0.1) is 0 Å². The molecule has 0 aliphatic carbocycles. The molecular formula is C13H19N3O2. The Balaban J connectivity index is 2.10. The van der Waals surface area contributed by atoms with E-state index in [0.29, 0.717) is 13.0 Å². The fourth-order valence-corrected chi connectivity index (χ4v) is 2.41. The van der Waals surface area contributed by atoms with Gasteiger partial charge in [-0.1, -0.05) is 6.07 Å². The van der Waals surface area contributed by atoms with Gasteiger partial charge < -0.3 is 15.0 Å². The predicted octanol–water partition coefficient (Wildman–Crippen LogP) is 0.589. The van der Waals surface area contributed by atoms with E-state index in [4.69, 9.17) is 4.74 Å². The van der Waals surface area contributed by atoms with E-state index in [1.165, 1.54) is 0 Å². The van der Waals surface area contributed by atoms with Crippen molar-refractivity contribution < 1.29 is 9.53 Å². The minimum atomic E-state index is 0.0584. The number of aromatic nitrogens is 1. The van der Waals surface area contributed by atoms with Crippen molar-refractivity contribution in [1.82, 2.24) is 15.2 Å². The van der Waals surface area contributed by atoms with Crippen molar-refractivity contribution in [2.45, 2.75) is 18.5 Å². The summed E-state index contributed by atoms with van der Waals surface area (Å²) in [5.74, 6) is 0.166. The summed E-state index contributed by atoms with van der Waals surface area (Å²) in [5, 5.41) is 3.38. The molecule has 18 heavy (non-hydrogen) atoms. The molecule has 2 atom stereocenters. The minimum Gasteiger partial charge on any atom is -0.383 e. The first kappa shape index (κ1) is 13.0. The lowest BCUT2D eigenvalue weighted by atomic mass is 10.0. The van der Waals surface area contributed by atoms with Crippen LogP contribution in [0.3, 0.4) is 0 Å². The molecule has 0 radical (unpaired) electrons. The number of carbonyl (C=O) groups is 1. The molecule has 1 saturated heterocycles. The van der Waals surface area contributed by atoms with Crippen LogP contribution in [0.4, 0.5) is 0 Å². The highest BCUT2D eigenvalue weighted by atomic mass is 16.5. The van der Waals surface area contributed by atoms with Crippen LogP contribution in [0.5, 0.6) is 0 Å². The number of pyridine rings is 1. The second-order valence-electron chi connectivity index (χ2n) is 4.49. The predicted molar refractivity (Wildman–Crippen MR) is 68.0 cm³/mol. The van der Waals surface area contributed by atoms with Crippen LogP contribution >= 0.6 is 0 Å². The molecule has 1 fully saturated rings. The topological polar surface area (TPSA) is 54.5 Å². The lowest BCUT2D eigenvalue weighted by Gasteiger charge is -2.25. The molecule has 0 spiro atoms. The Morgan fingerprint density at radius 2 is 2.44 bits per heavy atom. The van der Waals surface area contributed by atoms with Gasteiger partial charge in [0, 0.05) is 45.6 Å². The molecule has 2 rings (SSSR count). The number of likely N-dealkylation sites (N-methyl/N-ethyl adjacent to an activating group) is 1. The third-order valence-electron chi connectivity index (χ3n) is 3.32. The van der Waals surface area contributed by atoms with Gasteiger partial charge in [-0.2, -0.15) is 0 Å². The first-order valence-electron chi connectivity index (χ1n) is 6.12. The molecule has 0 bridgehead atoms. The second kappa shape index (κ2) is 5.93. The summed E-state index contributed by atoms with van der Waals surface area (Å²) in [6.45, 7) is 1.40. The zero-order chi connectivity index (χ0) is 13.0. The van der Waals surface area contributed by atoms with Crippen LogP contribution in [0.2, 0.25) is 0 Å². The van der Waals surface area contributed by atoms with Gasteiger partial charge >= 0.3 is 0 Å². The lowest BCUT2D eigenvalue weighted by Crippen LogP contribution is -2.36. The zero-order valence-electron chi connectivity index (χ0n) is 10.8. The molecule has 1 aromatic rings. The summed E-state index contributed by atoms with van der Waals surface area (Å²) in [4.78, 5) is 17.8. The van der Waals surface area contributed by atoms with Gasteiger partial charge in [0.2, 0.25) is 5.91 Å². The van der Waals surface area contributed by atoms with Crippen LogP contribution in [-0.2, 0) is 9.53 Å². The van der Waals surface area contributed by atoms with Gasteiger partial charge in [-0.3, -0.25) is 9.78 Å². The third-order valence-corrected chi connectivity index (χ3v) is 3.32. The number of nitrogens with zero attached hydrogens (tertiary/aromatic N) is 2. The van der Waals surface area contributed by atoms with E-state index in [1.807, 2.05) is 25.4 Å². The van der Waals surface area contributed by atoms with E-state index in [2.05, 4.69) is 10.3 Å². The number of carbonyl (C=O) groups excluding carboxylic acids is 1. The number of hydrogen-bond acceptors (Lipinski definition) is 4. The Hall–Kier alpha value is -1.46. The van der Waals surface area contributed by atoms with Crippen LogP contribution in [0.1, 0.15) is 18.0 Å². The molecule has 0 unspecified atom stereocenters. The number of amides is 1. The quantitative estimate of drug-likeness (QED) is 0.776. The average molecular weight is 249 g/mol. The maximum atomic E-state index is 11.8. The molecule has 1 aromatic heterocycles. The first-order valence-corrected chi connectivity index (χ1v) is 6.12. The number of ether oxygens (including phenoxy) is 1. The highest BCUT2D eigenvalue weighted by molar-refractivity contribution is 5.80. The third kappa shape index (κ3) is 2.68. The molecule has 5 nitrogen and oxygen atoms in total. The molecule has 1 N–H and O–H groups in total. The average Bonchev–Trinajstić information content (AvgIpc) is 2.67. The monoisotopic (exact) mass is 249 g/mol. The fourth-order valence-electron chi connectivity index (χ4n) is 2.41. The summed E-state index contributed by atoms with van der Waals surface area (Å²) in [7, 11) is 3.52. The largest absolute Gasteiger partial charge is 0.383 e. The summed E-state index contributed by atoms with van der Waals surface area (Å²) >= 11 is 0. The van der Waals surface area contributed by atoms with Gasteiger partial charge in [-0.25, -0.2) is 0 Å². The molecule has 98 valence electrons. The summed E-state index contributed by atoms with van der Waals surface area (Å²) in [5.41, 5.74) is 1.07. The Bertz CT molecular complexity index is 396. The van der Waals surface area contributed by atoms with Crippen molar-refractivity contribution in [3.05, 3.63) is 30.1 Å². The van der Waals surface area contributed by atoms with Gasteiger partial charge in [0.1, 0.15) is 0 Å². The van der Waals surface area contributed by atoms with Crippen molar-refractivity contribution >= 4 is 5.91 Å². The lowest BCUT2D eigenvalue weighted by molar-refractivity contribution is -0.127. The van der Waals surface area contributed by atoms with E-state index < -0.39 is 0 Å². The van der Waals surface area contributed by atoms with Crippen LogP contribution in [0.15, 0.2) is 24.5 Å². The number of hydrogen-bond donors (Lipinski definition) is 1. The van der Waals surface area contributed by atoms with Crippen molar-refractivity contribution in [1.29, 1.82) is 0 Å². The van der Waals surface area contributed by atoms with Gasteiger partial charge in [0.15, 0.2) is 0 Å². The van der Waals surface area contributed by atoms with E-state index >= 15 is 0 Å². The van der Waals surface area contributed by atoms with E-state index in [-0.39, 0.29) is 18.0 Å². The number of likely N-dealkylation sites (tertiary alicyclic amines) is 1. The maximum Gasteiger partial charge on any atom is 0.224 e. The second-order valence-corrected chi connectivity index (χ2v) is 4.49. The highest BCUT2D eigenvalue weighted by Gasteiger charge is 2.38. The molecule has 1 amide bonds. The zero-order valence-corrected chi connectivity index (χ0v) is 10.8. The number of methoxy groups -OCH3 is 1. The van der Waals surface area contributed by atoms with Crippen LogP contribution in [0, 0.1) is 0 Å². The smallest absolute Gasteiger partial charge is 0.224 e. The number of rotatable bonds is 5. The normalized spacial score (nSPS) is 23.7. The maximum absolute atomic E-state index is 11.8. The van der Waals surface area contributed by atoms with Crippen molar-refractivity contribution in [2.75, 3.05) is 27.3 Å². The van der Waals surface area contributed by atoms with Crippen LogP contribution in [-0.4, -0.2) is 49.1 Å². The van der Waals surface area contributed by atoms with Gasteiger partial charge in [0.25, 0.3) is 0 Å².